The van der Waals surface area contributed by atoms with Crippen LogP contribution in [0.25, 0.3) is 0 Å². The molecule has 7 heteroatoms. The van der Waals surface area contributed by atoms with Gasteiger partial charge in [-0.3, -0.25) is 5.43 Å². The second-order valence-corrected chi connectivity index (χ2v) is 7.15. The Labute approximate surface area is 121 Å². The summed E-state index contributed by atoms with van der Waals surface area (Å²) in [6.07, 6.45) is 1.30. The molecule has 0 spiro atoms. The predicted molar refractivity (Wildman–Crippen MR) is 79.9 cm³/mol. The molecule has 0 unspecified atom stereocenters. The van der Waals surface area contributed by atoms with Gasteiger partial charge in [0, 0.05) is 17.5 Å². The number of nitrogens with zero attached hydrogens (tertiary/aromatic N) is 1. The quantitative estimate of drug-likeness (QED) is 0.478. The molecule has 0 aliphatic heterocycles. The van der Waals surface area contributed by atoms with Gasteiger partial charge in [-0.2, -0.15) is 0 Å². The number of hydrogen-bond donors (Lipinski definition) is 2. The number of rotatable bonds is 6. The molecule has 1 rings (SSSR count). The molecule has 106 valence electrons. The van der Waals surface area contributed by atoms with Gasteiger partial charge in [-0.25, -0.2) is 15.2 Å². The molecule has 0 aliphatic rings. The highest BCUT2D eigenvalue weighted by Gasteiger charge is 2.10. The maximum Gasteiger partial charge on any atom is 0.421 e. The number of pyridine rings is 1. The Morgan fingerprint density at radius 3 is 2.84 bits per heavy atom. The Hall–Kier alpha value is -0.920. The Bertz CT molecular complexity index is 382. The summed E-state index contributed by atoms with van der Waals surface area (Å²) in [5, 5.41) is 0.950. The number of nitrogens with one attached hydrogen (secondary N) is 2. The Kier molecular flexibility index (Phi) is 7.04. The second kappa shape index (κ2) is 8.29. The van der Waals surface area contributed by atoms with Crippen LogP contribution >= 0.6 is 21.6 Å². The highest BCUT2D eigenvalue weighted by molar-refractivity contribution is 8.76. The number of hydrogen-bond acceptors (Lipinski definition) is 6. The van der Waals surface area contributed by atoms with E-state index in [2.05, 4.69) is 15.8 Å². The fraction of sp³-hybridized carbons (Fsp3) is 0.500. The Morgan fingerprint density at radius 1 is 1.42 bits per heavy atom. The van der Waals surface area contributed by atoms with Crippen LogP contribution in [0.3, 0.4) is 0 Å². The van der Waals surface area contributed by atoms with Gasteiger partial charge >= 0.3 is 6.09 Å². The zero-order valence-corrected chi connectivity index (χ0v) is 12.9. The zero-order chi connectivity index (χ0) is 14.1. The number of hydrazine groups is 1. The minimum absolute atomic E-state index is 0.178. The van der Waals surface area contributed by atoms with Gasteiger partial charge in [0.1, 0.15) is 11.6 Å². The van der Waals surface area contributed by atoms with Crippen molar-refractivity contribution in [1.29, 1.82) is 0 Å². The van der Waals surface area contributed by atoms with Crippen LogP contribution < -0.4 is 10.9 Å². The standard InChI is InChI=1S/C12H19N3O2S2/c1-12(2,3)15-14-11(16)17-8-9-18-19-10-6-4-5-7-13-10/h4-7,15H,8-9H2,1-3H3,(H,14,16). The molecule has 0 bridgehead atoms. The van der Waals surface area contributed by atoms with Gasteiger partial charge in [0.25, 0.3) is 0 Å². The molecule has 5 nitrogen and oxygen atoms in total. The van der Waals surface area contributed by atoms with Crippen molar-refractivity contribution in [1.82, 2.24) is 15.8 Å². The van der Waals surface area contributed by atoms with Crippen molar-refractivity contribution in [3.8, 4) is 0 Å². The first kappa shape index (κ1) is 16.1. The van der Waals surface area contributed by atoms with Crippen molar-refractivity contribution in [2.75, 3.05) is 12.4 Å². The molecule has 1 heterocycles. The SMILES string of the molecule is CC(C)(C)NNC(=O)OCCSSc1ccccn1. The number of carbonyl (C=O) groups is 1. The molecule has 1 amide bonds. The van der Waals surface area contributed by atoms with Gasteiger partial charge in [-0.15, -0.1) is 0 Å². The van der Waals surface area contributed by atoms with E-state index in [1.807, 2.05) is 39.0 Å². The van der Waals surface area contributed by atoms with E-state index in [1.54, 1.807) is 27.8 Å². The molecule has 0 radical (unpaired) electrons. The van der Waals surface area contributed by atoms with Crippen LogP contribution in [-0.2, 0) is 4.74 Å². The van der Waals surface area contributed by atoms with Gasteiger partial charge in [-0.1, -0.05) is 16.9 Å². The van der Waals surface area contributed by atoms with E-state index in [0.29, 0.717) is 12.4 Å². The van der Waals surface area contributed by atoms with E-state index in [9.17, 15) is 4.79 Å². The van der Waals surface area contributed by atoms with E-state index in [1.165, 1.54) is 0 Å². The molecule has 0 saturated carbocycles. The molecule has 0 aromatic carbocycles. The number of aromatic nitrogens is 1. The average molecular weight is 301 g/mol. The lowest BCUT2D eigenvalue weighted by molar-refractivity contribution is 0.143. The summed E-state index contributed by atoms with van der Waals surface area (Å²) in [6, 6.07) is 5.76. The average Bonchev–Trinajstić information content (AvgIpc) is 2.36. The van der Waals surface area contributed by atoms with Gasteiger partial charge in [0.15, 0.2) is 0 Å². The highest BCUT2D eigenvalue weighted by atomic mass is 33.1. The van der Waals surface area contributed by atoms with Crippen molar-refractivity contribution >= 4 is 27.7 Å². The lowest BCUT2D eigenvalue weighted by Gasteiger charge is -2.20. The van der Waals surface area contributed by atoms with Crippen molar-refractivity contribution in [3.05, 3.63) is 24.4 Å². The molecular formula is C12H19N3O2S2. The van der Waals surface area contributed by atoms with Crippen LogP contribution in [0.15, 0.2) is 29.4 Å². The summed E-state index contributed by atoms with van der Waals surface area (Å²) in [4.78, 5) is 15.5. The third-order valence-corrected chi connectivity index (χ3v) is 3.95. The predicted octanol–water partition coefficient (Wildman–Crippen LogP) is 2.85. The maximum atomic E-state index is 11.3. The third-order valence-electron chi connectivity index (χ3n) is 1.72. The molecule has 1 aromatic heterocycles. The van der Waals surface area contributed by atoms with Crippen LogP contribution in [0, 0.1) is 0 Å². The summed E-state index contributed by atoms with van der Waals surface area (Å²) in [5.74, 6) is 0.712. The van der Waals surface area contributed by atoms with E-state index in [-0.39, 0.29) is 5.54 Å². The van der Waals surface area contributed by atoms with Gasteiger partial charge in [0.2, 0.25) is 0 Å². The molecule has 19 heavy (non-hydrogen) atoms. The fourth-order valence-electron chi connectivity index (χ4n) is 0.941. The van der Waals surface area contributed by atoms with E-state index < -0.39 is 6.09 Å². The lowest BCUT2D eigenvalue weighted by Crippen LogP contribution is -2.49. The van der Waals surface area contributed by atoms with Crippen LogP contribution in [-0.4, -0.2) is 29.0 Å². The molecular weight excluding hydrogens is 282 g/mol. The van der Waals surface area contributed by atoms with Crippen LogP contribution in [0.5, 0.6) is 0 Å². The van der Waals surface area contributed by atoms with Gasteiger partial charge in [0.05, 0.1) is 0 Å². The topological polar surface area (TPSA) is 63.2 Å². The largest absolute Gasteiger partial charge is 0.448 e. The summed E-state index contributed by atoms with van der Waals surface area (Å²) in [6.45, 7) is 6.22. The number of ether oxygens (including phenoxy) is 1. The molecule has 1 aromatic rings. The van der Waals surface area contributed by atoms with Gasteiger partial charge < -0.3 is 4.74 Å². The van der Waals surface area contributed by atoms with E-state index in [0.717, 1.165) is 5.03 Å². The van der Waals surface area contributed by atoms with Crippen LogP contribution in [0.2, 0.25) is 0 Å². The monoisotopic (exact) mass is 301 g/mol. The van der Waals surface area contributed by atoms with E-state index in [4.69, 9.17) is 4.74 Å². The van der Waals surface area contributed by atoms with Crippen LogP contribution in [0.4, 0.5) is 4.79 Å². The summed E-state index contributed by atoms with van der Waals surface area (Å²) < 4.78 is 5.01. The highest BCUT2D eigenvalue weighted by Crippen LogP contribution is 2.28. The minimum atomic E-state index is -0.460. The molecule has 0 fully saturated rings. The smallest absolute Gasteiger partial charge is 0.421 e. The summed E-state index contributed by atoms with van der Waals surface area (Å²) in [5.41, 5.74) is 5.16. The van der Waals surface area contributed by atoms with E-state index >= 15 is 0 Å². The lowest BCUT2D eigenvalue weighted by atomic mass is 10.1. The van der Waals surface area contributed by atoms with Crippen molar-refractivity contribution in [2.45, 2.75) is 31.3 Å². The second-order valence-electron chi connectivity index (χ2n) is 4.71. The fourth-order valence-corrected chi connectivity index (χ4v) is 2.65. The molecule has 2 N–H and O–H groups in total. The number of carbonyl (C=O) groups excluding carboxylic acids is 1. The van der Waals surface area contributed by atoms with Crippen molar-refractivity contribution in [3.63, 3.8) is 0 Å². The Morgan fingerprint density at radius 2 is 2.21 bits per heavy atom. The zero-order valence-electron chi connectivity index (χ0n) is 11.3. The first-order valence-electron chi connectivity index (χ1n) is 5.88. The van der Waals surface area contributed by atoms with Crippen molar-refractivity contribution in [2.24, 2.45) is 0 Å². The van der Waals surface area contributed by atoms with Crippen LogP contribution in [0.1, 0.15) is 20.8 Å². The summed E-state index contributed by atoms with van der Waals surface area (Å²) >= 11 is 0. The number of amides is 1. The molecule has 0 atom stereocenters. The first-order valence-corrected chi connectivity index (χ1v) is 8.20. The van der Waals surface area contributed by atoms with Gasteiger partial charge in [-0.05, 0) is 43.7 Å². The normalized spacial score (nSPS) is 11.1. The molecule has 0 aliphatic carbocycles. The molecule has 0 saturated heterocycles. The first-order chi connectivity index (χ1) is 8.97. The Balaban J connectivity index is 2.03. The third kappa shape index (κ3) is 8.74. The maximum absolute atomic E-state index is 11.3. The minimum Gasteiger partial charge on any atom is -0.448 e. The van der Waals surface area contributed by atoms with Crippen molar-refractivity contribution < 1.29 is 9.53 Å². The summed E-state index contributed by atoms with van der Waals surface area (Å²) in [7, 11) is 3.17.